The molecule has 1 unspecified atom stereocenters. The molecule has 112 valence electrons. The fraction of sp³-hybridized carbons (Fsp3) is 1.00. The van der Waals surface area contributed by atoms with Crippen molar-refractivity contribution in [1.29, 1.82) is 0 Å². The number of nitrogens with zero attached hydrogens (tertiary/aromatic N) is 2. The van der Waals surface area contributed by atoms with Gasteiger partial charge in [-0.05, 0) is 25.7 Å². The molecule has 6 heteroatoms. The van der Waals surface area contributed by atoms with Crippen LogP contribution in [0.25, 0.3) is 0 Å². The third-order valence-electron chi connectivity index (χ3n) is 4.22. The molecule has 2 saturated heterocycles. The van der Waals surface area contributed by atoms with E-state index in [2.05, 4.69) is 0 Å². The van der Waals surface area contributed by atoms with Crippen LogP contribution in [0.5, 0.6) is 0 Å². The lowest BCUT2D eigenvalue weighted by atomic mass is 10.1. The van der Waals surface area contributed by atoms with Gasteiger partial charge in [0.05, 0.1) is 6.61 Å². The van der Waals surface area contributed by atoms with Crippen LogP contribution in [0.3, 0.4) is 0 Å². The Bertz CT molecular complexity index is 364. The lowest BCUT2D eigenvalue weighted by molar-refractivity contribution is 0.178. The highest BCUT2D eigenvalue weighted by Gasteiger charge is 2.35. The molecule has 0 aromatic rings. The van der Waals surface area contributed by atoms with Crippen molar-refractivity contribution in [3.8, 4) is 0 Å². The van der Waals surface area contributed by atoms with Gasteiger partial charge in [0.1, 0.15) is 0 Å². The second kappa shape index (κ2) is 7.02. The van der Waals surface area contributed by atoms with Crippen LogP contribution >= 0.6 is 0 Å². The number of hydrogen-bond donors (Lipinski definition) is 1. The molecule has 0 radical (unpaired) electrons. The van der Waals surface area contributed by atoms with E-state index >= 15 is 0 Å². The molecule has 2 aliphatic rings. The van der Waals surface area contributed by atoms with Gasteiger partial charge in [-0.3, -0.25) is 0 Å². The SMILES string of the molecule is O=S(=O)(N1CCCCCC1)N1CCCCCC1CO. The summed E-state index contributed by atoms with van der Waals surface area (Å²) in [6.45, 7) is 1.77. The zero-order valence-corrected chi connectivity index (χ0v) is 12.4. The van der Waals surface area contributed by atoms with Gasteiger partial charge in [-0.2, -0.15) is 17.0 Å². The Morgan fingerprint density at radius 3 is 2.11 bits per heavy atom. The van der Waals surface area contributed by atoms with Crippen LogP contribution in [0, 0.1) is 0 Å². The minimum Gasteiger partial charge on any atom is -0.395 e. The van der Waals surface area contributed by atoms with Crippen molar-refractivity contribution < 1.29 is 13.5 Å². The average Bonchev–Trinajstić information content (AvgIpc) is 2.81. The van der Waals surface area contributed by atoms with Crippen LogP contribution in [-0.4, -0.2) is 54.4 Å². The van der Waals surface area contributed by atoms with E-state index in [1.165, 1.54) is 0 Å². The number of aliphatic hydroxyl groups excluding tert-OH is 1. The molecular weight excluding hydrogens is 264 g/mol. The minimum absolute atomic E-state index is 0.0624. The Kier molecular flexibility index (Phi) is 5.62. The normalized spacial score (nSPS) is 28.8. The van der Waals surface area contributed by atoms with Gasteiger partial charge in [0.15, 0.2) is 0 Å². The van der Waals surface area contributed by atoms with E-state index in [-0.39, 0.29) is 12.6 Å². The van der Waals surface area contributed by atoms with E-state index < -0.39 is 10.2 Å². The van der Waals surface area contributed by atoms with Crippen LogP contribution in [0.15, 0.2) is 0 Å². The topological polar surface area (TPSA) is 60.9 Å². The van der Waals surface area contributed by atoms with E-state index in [0.29, 0.717) is 19.6 Å². The molecule has 2 heterocycles. The summed E-state index contributed by atoms with van der Waals surface area (Å²) in [5.41, 5.74) is 0. The van der Waals surface area contributed by atoms with Crippen molar-refractivity contribution in [2.45, 2.75) is 57.4 Å². The maximum Gasteiger partial charge on any atom is 0.282 e. The number of rotatable bonds is 3. The smallest absolute Gasteiger partial charge is 0.282 e. The molecular formula is C13H26N2O3S. The molecule has 0 amide bonds. The summed E-state index contributed by atoms with van der Waals surface area (Å²) in [6.07, 6.45) is 7.91. The molecule has 0 aliphatic carbocycles. The molecule has 2 rings (SSSR count). The van der Waals surface area contributed by atoms with Gasteiger partial charge in [-0.25, -0.2) is 0 Å². The molecule has 5 nitrogen and oxygen atoms in total. The van der Waals surface area contributed by atoms with E-state index in [4.69, 9.17) is 0 Å². The predicted octanol–water partition coefficient (Wildman–Crippen LogP) is 1.34. The maximum absolute atomic E-state index is 12.8. The quantitative estimate of drug-likeness (QED) is 0.853. The van der Waals surface area contributed by atoms with Crippen LogP contribution in [0.4, 0.5) is 0 Å². The second-order valence-electron chi connectivity index (χ2n) is 5.62. The largest absolute Gasteiger partial charge is 0.395 e. The average molecular weight is 290 g/mol. The maximum atomic E-state index is 12.8. The molecule has 0 aromatic carbocycles. The van der Waals surface area contributed by atoms with E-state index in [0.717, 1.165) is 51.4 Å². The number of aliphatic hydroxyl groups is 1. The molecule has 0 aromatic heterocycles. The van der Waals surface area contributed by atoms with E-state index in [1.807, 2.05) is 0 Å². The summed E-state index contributed by atoms with van der Waals surface area (Å²) < 4.78 is 28.7. The van der Waals surface area contributed by atoms with Gasteiger partial charge >= 0.3 is 0 Å². The van der Waals surface area contributed by atoms with Crippen molar-refractivity contribution in [3.63, 3.8) is 0 Å². The summed E-state index contributed by atoms with van der Waals surface area (Å²) in [6, 6.07) is -0.226. The fourth-order valence-corrected chi connectivity index (χ4v) is 4.98. The van der Waals surface area contributed by atoms with Gasteiger partial charge in [0, 0.05) is 25.7 Å². The number of hydrogen-bond acceptors (Lipinski definition) is 3. The Labute approximate surface area is 116 Å². The lowest BCUT2D eigenvalue weighted by Gasteiger charge is -2.32. The Hall–Kier alpha value is -0.170. The Morgan fingerprint density at radius 1 is 0.895 bits per heavy atom. The Balaban J connectivity index is 2.14. The molecule has 2 aliphatic heterocycles. The van der Waals surface area contributed by atoms with Crippen LogP contribution < -0.4 is 0 Å². The van der Waals surface area contributed by atoms with Gasteiger partial charge < -0.3 is 5.11 Å². The molecule has 19 heavy (non-hydrogen) atoms. The van der Waals surface area contributed by atoms with Crippen molar-refractivity contribution in [2.24, 2.45) is 0 Å². The fourth-order valence-electron chi connectivity index (χ4n) is 3.06. The molecule has 0 spiro atoms. The standard InChI is InChI=1S/C13H26N2O3S/c16-12-13-8-4-3-7-11-15(13)19(17,18)14-9-5-1-2-6-10-14/h13,16H,1-12H2. The van der Waals surface area contributed by atoms with Crippen molar-refractivity contribution >= 4 is 10.2 Å². The lowest BCUT2D eigenvalue weighted by Crippen LogP contribution is -2.49. The first-order valence-corrected chi connectivity index (χ1v) is 8.94. The molecule has 1 N–H and O–H groups in total. The van der Waals surface area contributed by atoms with Gasteiger partial charge in [-0.1, -0.05) is 25.7 Å². The van der Waals surface area contributed by atoms with Crippen molar-refractivity contribution in [2.75, 3.05) is 26.2 Å². The van der Waals surface area contributed by atoms with Crippen LogP contribution in [0.2, 0.25) is 0 Å². The predicted molar refractivity (Wildman–Crippen MR) is 75.0 cm³/mol. The van der Waals surface area contributed by atoms with Gasteiger partial charge in [-0.15, -0.1) is 0 Å². The zero-order valence-electron chi connectivity index (χ0n) is 11.6. The first kappa shape index (κ1) is 15.2. The third-order valence-corrected chi connectivity index (χ3v) is 6.31. The monoisotopic (exact) mass is 290 g/mol. The summed E-state index contributed by atoms with van der Waals surface area (Å²) in [5, 5.41) is 9.48. The highest BCUT2D eigenvalue weighted by molar-refractivity contribution is 7.86. The summed E-state index contributed by atoms with van der Waals surface area (Å²) in [5.74, 6) is 0. The van der Waals surface area contributed by atoms with E-state index in [1.54, 1.807) is 8.61 Å². The van der Waals surface area contributed by atoms with Crippen molar-refractivity contribution in [3.05, 3.63) is 0 Å². The van der Waals surface area contributed by atoms with Crippen molar-refractivity contribution in [1.82, 2.24) is 8.61 Å². The first-order valence-electron chi connectivity index (χ1n) is 7.54. The highest BCUT2D eigenvalue weighted by atomic mass is 32.2. The zero-order chi connectivity index (χ0) is 13.7. The van der Waals surface area contributed by atoms with Gasteiger partial charge in [0.2, 0.25) is 0 Å². The molecule has 0 saturated carbocycles. The molecule has 1 atom stereocenters. The molecule has 2 fully saturated rings. The third kappa shape index (κ3) is 3.68. The molecule has 0 bridgehead atoms. The first-order chi connectivity index (χ1) is 9.16. The van der Waals surface area contributed by atoms with Gasteiger partial charge in [0.25, 0.3) is 10.2 Å². The van der Waals surface area contributed by atoms with E-state index in [9.17, 15) is 13.5 Å². The van der Waals surface area contributed by atoms with Crippen LogP contribution in [0.1, 0.15) is 51.4 Å². The minimum atomic E-state index is -3.39. The summed E-state index contributed by atoms with van der Waals surface area (Å²) in [4.78, 5) is 0. The second-order valence-corrected chi connectivity index (χ2v) is 7.50. The Morgan fingerprint density at radius 2 is 1.47 bits per heavy atom. The van der Waals surface area contributed by atoms with Crippen LogP contribution in [-0.2, 0) is 10.2 Å². The summed E-state index contributed by atoms with van der Waals surface area (Å²) in [7, 11) is -3.39. The highest BCUT2D eigenvalue weighted by Crippen LogP contribution is 2.23. The summed E-state index contributed by atoms with van der Waals surface area (Å²) >= 11 is 0.